The molecule has 0 aliphatic heterocycles. The molecule has 0 radical (unpaired) electrons. The smallest absolute Gasteiger partial charge is 0.233 e. The van der Waals surface area contributed by atoms with Crippen LogP contribution in [0.3, 0.4) is 0 Å². The van der Waals surface area contributed by atoms with Gasteiger partial charge in [-0.3, -0.25) is 4.79 Å². The molecule has 5 nitrogen and oxygen atoms in total. The van der Waals surface area contributed by atoms with Gasteiger partial charge < -0.3 is 15.0 Å². The molecular weight excluding hydrogens is 204 g/mol. The molecule has 16 heavy (non-hydrogen) atoms. The van der Waals surface area contributed by atoms with Gasteiger partial charge in [0.05, 0.1) is 12.2 Å². The van der Waals surface area contributed by atoms with Gasteiger partial charge in [0.15, 0.2) is 0 Å². The van der Waals surface area contributed by atoms with Crippen LogP contribution in [0.15, 0.2) is 30.6 Å². The van der Waals surface area contributed by atoms with Crippen LogP contribution in [0.25, 0.3) is 5.65 Å². The topological polar surface area (TPSA) is 58.4 Å². The molecule has 0 atom stereocenters. The molecule has 2 rings (SSSR count). The molecule has 0 fully saturated rings. The molecule has 2 aromatic rings. The summed E-state index contributed by atoms with van der Waals surface area (Å²) in [6, 6.07) is 5.85. The summed E-state index contributed by atoms with van der Waals surface area (Å²) in [5.41, 5.74) is 1.84. The zero-order valence-corrected chi connectivity index (χ0v) is 9.10. The Bertz CT molecular complexity index is 458. The monoisotopic (exact) mass is 218 g/mol. The van der Waals surface area contributed by atoms with E-state index in [0.717, 1.165) is 11.3 Å². The SMILES string of the molecule is CNC(=O)CNCc1cn2ccccc2n1. The molecule has 84 valence electrons. The van der Waals surface area contributed by atoms with E-state index in [2.05, 4.69) is 15.6 Å². The summed E-state index contributed by atoms with van der Waals surface area (Å²) in [4.78, 5) is 15.4. The lowest BCUT2D eigenvalue weighted by molar-refractivity contribution is -0.119. The Labute approximate surface area is 93.5 Å². The van der Waals surface area contributed by atoms with Gasteiger partial charge in [-0.1, -0.05) is 6.07 Å². The highest BCUT2D eigenvalue weighted by atomic mass is 16.1. The van der Waals surface area contributed by atoms with Crippen molar-refractivity contribution in [3.8, 4) is 0 Å². The summed E-state index contributed by atoms with van der Waals surface area (Å²) in [6.45, 7) is 0.902. The highest BCUT2D eigenvalue weighted by molar-refractivity contribution is 5.77. The highest BCUT2D eigenvalue weighted by Gasteiger charge is 2.01. The van der Waals surface area contributed by atoms with E-state index >= 15 is 0 Å². The second kappa shape index (κ2) is 4.76. The number of hydrogen-bond donors (Lipinski definition) is 2. The Morgan fingerprint density at radius 2 is 2.38 bits per heavy atom. The molecule has 0 aromatic carbocycles. The third-order valence-corrected chi connectivity index (χ3v) is 2.28. The van der Waals surface area contributed by atoms with Gasteiger partial charge in [-0.25, -0.2) is 4.98 Å². The van der Waals surface area contributed by atoms with Gasteiger partial charge in [0.25, 0.3) is 0 Å². The van der Waals surface area contributed by atoms with Crippen molar-refractivity contribution < 1.29 is 4.79 Å². The number of amides is 1. The van der Waals surface area contributed by atoms with E-state index < -0.39 is 0 Å². The van der Waals surface area contributed by atoms with Crippen molar-refractivity contribution >= 4 is 11.6 Å². The van der Waals surface area contributed by atoms with Gasteiger partial charge in [0.2, 0.25) is 5.91 Å². The molecule has 1 amide bonds. The second-order valence-electron chi connectivity index (χ2n) is 3.48. The van der Waals surface area contributed by atoms with Gasteiger partial charge in [0, 0.05) is 26.0 Å². The molecule has 0 unspecified atom stereocenters. The minimum atomic E-state index is -0.0243. The number of rotatable bonds is 4. The Balaban J connectivity index is 1.97. The lowest BCUT2D eigenvalue weighted by Gasteiger charge is -2.00. The summed E-state index contributed by atoms with van der Waals surface area (Å²) in [7, 11) is 1.62. The molecule has 2 heterocycles. The van der Waals surface area contributed by atoms with E-state index in [1.54, 1.807) is 7.05 Å². The molecule has 0 bridgehead atoms. The maximum Gasteiger partial charge on any atom is 0.233 e. The Morgan fingerprint density at radius 3 is 3.12 bits per heavy atom. The minimum absolute atomic E-state index is 0.0243. The van der Waals surface area contributed by atoms with Gasteiger partial charge in [-0.15, -0.1) is 0 Å². The van der Waals surface area contributed by atoms with E-state index in [1.807, 2.05) is 35.0 Å². The number of aromatic nitrogens is 2. The number of nitrogens with zero attached hydrogens (tertiary/aromatic N) is 2. The summed E-state index contributed by atoms with van der Waals surface area (Å²) in [6.07, 6.45) is 3.90. The summed E-state index contributed by atoms with van der Waals surface area (Å²) < 4.78 is 1.96. The summed E-state index contributed by atoms with van der Waals surface area (Å²) in [5, 5.41) is 5.58. The number of carbonyl (C=O) groups excluding carboxylic acids is 1. The largest absolute Gasteiger partial charge is 0.358 e. The first-order chi connectivity index (χ1) is 7.79. The maximum atomic E-state index is 11.0. The standard InChI is InChI=1S/C11H14N4O/c1-12-11(16)7-13-6-9-8-15-5-3-2-4-10(15)14-9/h2-5,8,13H,6-7H2,1H3,(H,12,16). The van der Waals surface area contributed by atoms with E-state index in [9.17, 15) is 4.79 Å². The molecule has 0 spiro atoms. The van der Waals surface area contributed by atoms with E-state index in [4.69, 9.17) is 0 Å². The number of nitrogens with one attached hydrogen (secondary N) is 2. The van der Waals surface area contributed by atoms with Crippen LogP contribution >= 0.6 is 0 Å². The summed E-state index contributed by atoms with van der Waals surface area (Å²) >= 11 is 0. The fraction of sp³-hybridized carbons (Fsp3) is 0.273. The molecule has 0 saturated heterocycles. The Hall–Kier alpha value is -1.88. The van der Waals surface area contributed by atoms with Crippen molar-refractivity contribution in [3.63, 3.8) is 0 Å². The van der Waals surface area contributed by atoms with Crippen molar-refractivity contribution in [1.29, 1.82) is 0 Å². The van der Waals surface area contributed by atoms with Crippen molar-refractivity contribution in [2.75, 3.05) is 13.6 Å². The number of imidazole rings is 1. The van der Waals surface area contributed by atoms with Crippen molar-refractivity contribution in [2.24, 2.45) is 0 Å². The van der Waals surface area contributed by atoms with Crippen LogP contribution in [0.2, 0.25) is 0 Å². The molecule has 2 aromatic heterocycles. The lowest BCUT2D eigenvalue weighted by atomic mass is 10.4. The third kappa shape index (κ3) is 2.38. The first-order valence-corrected chi connectivity index (χ1v) is 5.13. The van der Waals surface area contributed by atoms with E-state index in [-0.39, 0.29) is 5.91 Å². The van der Waals surface area contributed by atoms with E-state index in [1.165, 1.54) is 0 Å². The third-order valence-electron chi connectivity index (χ3n) is 2.28. The van der Waals surface area contributed by atoms with Crippen LogP contribution in [-0.4, -0.2) is 28.9 Å². The van der Waals surface area contributed by atoms with Gasteiger partial charge in [0.1, 0.15) is 5.65 Å². The average molecular weight is 218 g/mol. The quantitative estimate of drug-likeness (QED) is 0.769. The average Bonchev–Trinajstić information content (AvgIpc) is 2.71. The molecule has 0 aliphatic carbocycles. The molecule has 0 aliphatic rings. The molecule has 5 heteroatoms. The van der Waals surface area contributed by atoms with Crippen molar-refractivity contribution in [1.82, 2.24) is 20.0 Å². The number of likely N-dealkylation sites (N-methyl/N-ethyl adjacent to an activating group) is 1. The fourth-order valence-corrected chi connectivity index (χ4v) is 1.46. The second-order valence-corrected chi connectivity index (χ2v) is 3.48. The Morgan fingerprint density at radius 1 is 1.50 bits per heavy atom. The number of pyridine rings is 1. The first kappa shape index (κ1) is 10.6. The highest BCUT2D eigenvalue weighted by Crippen LogP contribution is 2.03. The molecule has 0 saturated carbocycles. The van der Waals surface area contributed by atoms with Crippen LogP contribution in [0.1, 0.15) is 5.69 Å². The predicted molar refractivity (Wildman–Crippen MR) is 61.0 cm³/mol. The Kier molecular flexibility index (Phi) is 3.16. The number of carbonyl (C=O) groups is 1. The van der Waals surface area contributed by atoms with Crippen LogP contribution in [0.4, 0.5) is 0 Å². The van der Waals surface area contributed by atoms with Gasteiger partial charge >= 0.3 is 0 Å². The van der Waals surface area contributed by atoms with E-state index in [0.29, 0.717) is 13.1 Å². The zero-order valence-electron chi connectivity index (χ0n) is 9.10. The fourth-order valence-electron chi connectivity index (χ4n) is 1.46. The lowest BCUT2D eigenvalue weighted by Crippen LogP contribution is -2.31. The van der Waals surface area contributed by atoms with Crippen molar-refractivity contribution in [2.45, 2.75) is 6.54 Å². The van der Waals surface area contributed by atoms with Gasteiger partial charge in [-0.05, 0) is 12.1 Å². The molecule has 2 N–H and O–H groups in total. The van der Waals surface area contributed by atoms with Crippen molar-refractivity contribution in [3.05, 3.63) is 36.3 Å². The maximum absolute atomic E-state index is 11.0. The van der Waals surface area contributed by atoms with Crippen LogP contribution in [0.5, 0.6) is 0 Å². The number of hydrogen-bond acceptors (Lipinski definition) is 3. The summed E-state index contributed by atoms with van der Waals surface area (Å²) in [5.74, 6) is -0.0243. The van der Waals surface area contributed by atoms with Crippen LogP contribution in [-0.2, 0) is 11.3 Å². The number of fused-ring (bicyclic) bond motifs is 1. The van der Waals surface area contributed by atoms with Gasteiger partial charge in [-0.2, -0.15) is 0 Å². The molecular formula is C11H14N4O. The minimum Gasteiger partial charge on any atom is -0.358 e. The first-order valence-electron chi connectivity index (χ1n) is 5.13. The normalized spacial score (nSPS) is 10.6. The zero-order chi connectivity index (χ0) is 11.4. The van der Waals surface area contributed by atoms with Crippen LogP contribution < -0.4 is 10.6 Å². The predicted octanol–water partition coefficient (Wildman–Crippen LogP) is 0.170. The van der Waals surface area contributed by atoms with Crippen LogP contribution in [0, 0.1) is 0 Å².